The highest BCUT2D eigenvalue weighted by Gasteiger charge is 2.24. The molecule has 2 heterocycles. The second-order valence-electron chi connectivity index (χ2n) is 6.10. The molecule has 2 aromatic carbocycles. The van der Waals surface area contributed by atoms with Crippen LogP contribution in [-0.4, -0.2) is 19.0 Å². The number of carbonyl (C=O) groups excluding carboxylic acids is 1. The van der Waals surface area contributed by atoms with Gasteiger partial charge in [-0.2, -0.15) is 0 Å². The fourth-order valence-corrected chi connectivity index (χ4v) is 3.39. The van der Waals surface area contributed by atoms with Crippen molar-refractivity contribution >= 4 is 29.3 Å². The molecule has 0 saturated heterocycles. The summed E-state index contributed by atoms with van der Waals surface area (Å²) in [6.07, 6.45) is 1.61. The van der Waals surface area contributed by atoms with Crippen molar-refractivity contribution in [3.63, 3.8) is 0 Å². The van der Waals surface area contributed by atoms with Gasteiger partial charge in [-0.1, -0.05) is 30.3 Å². The molecule has 146 valence electrons. The molecule has 7 heteroatoms. The number of thiophene rings is 1. The molecule has 0 aliphatic carbocycles. The molecule has 0 unspecified atom stereocenters. The average molecular weight is 409 g/mol. The van der Waals surface area contributed by atoms with Crippen LogP contribution in [0.25, 0.3) is 6.08 Å². The molecule has 3 aromatic rings. The van der Waals surface area contributed by atoms with Gasteiger partial charge in [0, 0.05) is 5.56 Å². The van der Waals surface area contributed by atoms with Gasteiger partial charge in [0.2, 0.25) is 5.90 Å². The summed E-state index contributed by atoms with van der Waals surface area (Å²) in [5.41, 5.74) is 1.30. The van der Waals surface area contributed by atoms with Crippen LogP contribution in [0.2, 0.25) is 0 Å². The van der Waals surface area contributed by atoms with Crippen molar-refractivity contribution in [2.45, 2.75) is 6.61 Å². The number of methoxy groups -OCH3 is 1. The lowest BCUT2D eigenvalue weighted by Gasteiger charge is -2.12. The van der Waals surface area contributed by atoms with Crippen LogP contribution in [0.1, 0.15) is 16.0 Å². The molecule has 0 radical (unpaired) electrons. The predicted octanol–water partition coefficient (Wildman–Crippen LogP) is 4.82. The SMILES string of the molecule is COc1ccc(/C=C2/N=C(c3cccs3)OC2=O)cc1OCc1ccccc1F. The van der Waals surface area contributed by atoms with Crippen molar-refractivity contribution in [3.8, 4) is 11.5 Å². The largest absolute Gasteiger partial charge is 0.493 e. The van der Waals surface area contributed by atoms with E-state index in [2.05, 4.69) is 4.99 Å². The van der Waals surface area contributed by atoms with Crippen LogP contribution in [0, 0.1) is 5.82 Å². The predicted molar refractivity (Wildman–Crippen MR) is 109 cm³/mol. The van der Waals surface area contributed by atoms with E-state index >= 15 is 0 Å². The molecule has 1 aromatic heterocycles. The number of halogens is 1. The van der Waals surface area contributed by atoms with E-state index in [1.165, 1.54) is 24.5 Å². The fraction of sp³-hybridized carbons (Fsp3) is 0.0909. The van der Waals surface area contributed by atoms with Crippen molar-refractivity contribution in [2.24, 2.45) is 4.99 Å². The first-order valence-electron chi connectivity index (χ1n) is 8.75. The molecule has 4 rings (SSSR count). The summed E-state index contributed by atoms with van der Waals surface area (Å²) in [6.45, 7) is 0.0474. The highest BCUT2D eigenvalue weighted by Crippen LogP contribution is 2.31. The molecule has 0 saturated carbocycles. The Labute approximate surface area is 170 Å². The van der Waals surface area contributed by atoms with Gasteiger partial charge in [-0.15, -0.1) is 11.3 Å². The third-order valence-electron chi connectivity index (χ3n) is 4.18. The molecule has 0 atom stereocenters. The van der Waals surface area contributed by atoms with Crippen molar-refractivity contribution in [1.82, 2.24) is 0 Å². The van der Waals surface area contributed by atoms with Gasteiger partial charge in [0.1, 0.15) is 12.4 Å². The summed E-state index contributed by atoms with van der Waals surface area (Å²) < 4.78 is 30.2. The van der Waals surface area contributed by atoms with E-state index in [4.69, 9.17) is 14.2 Å². The maximum atomic E-state index is 13.8. The minimum absolute atomic E-state index is 0.0474. The quantitative estimate of drug-likeness (QED) is 0.433. The Bertz CT molecular complexity index is 1110. The van der Waals surface area contributed by atoms with Gasteiger partial charge in [0.05, 0.1) is 12.0 Å². The van der Waals surface area contributed by atoms with Crippen molar-refractivity contribution in [3.05, 3.63) is 87.5 Å². The Hall–Kier alpha value is -3.45. The molecule has 0 amide bonds. The lowest BCUT2D eigenvalue weighted by atomic mass is 10.1. The Kier molecular flexibility index (Phi) is 5.39. The van der Waals surface area contributed by atoms with Gasteiger partial charge >= 0.3 is 5.97 Å². The minimum Gasteiger partial charge on any atom is -0.493 e. The molecule has 0 spiro atoms. The fourth-order valence-electron chi connectivity index (χ4n) is 2.74. The smallest absolute Gasteiger partial charge is 0.363 e. The number of hydrogen-bond acceptors (Lipinski definition) is 6. The number of nitrogens with zero attached hydrogens (tertiary/aromatic N) is 1. The Balaban J connectivity index is 1.58. The van der Waals surface area contributed by atoms with Gasteiger partial charge in [-0.25, -0.2) is 14.2 Å². The molecule has 0 fully saturated rings. The zero-order valence-corrected chi connectivity index (χ0v) is 16.2. The van der Waals surface area contributed by atoms with Crippen LogP contribution in [0.4, 0.5) is 4.39 Å². The summed E-state index contributed by atoms with van der Waals surface area (Å²) >= 11 is 1.44. The van der Waals surface area contributed by atoms with Gasteiger partial charge < -0.3 is 14.2 Å². The highest BCUT2D eigenvalue weighted by atomic mass is 32.1. The number of benzene rings is 2. The Morgan fingerprint density at radius 3 is 2.76 bits per heavy atom. The topological polar surface area (TPSA) is 57.1 Å². The standard InChI is InChI=1S/C22H16FNO4S/c1-26-18-9-8-14(12-19(18)27-13-15-5-2-3-6-16(15)23)11-17-22(25)28-21(24-17)20-7-4-10-29-20/h2-12H,13H2,1H3/b17-11+. The summed E-state index contributed by atoms with van der Waals surface area (Å²) in [7, 11) is 1.52. The molecular formula is C22H16FNO4S. The minimum atomic E-state index is -0.516. The number of ether oxygens (including phenoxy) is 3. The number of rotatable bonds is 6. The number of hydrogen-bond donors (Lipinski definition) is 0. The Morgan fingerprint density at radius 1 is 1.14 bits per heavy atom. The first-order valence-corrected chi connectivity index (χ1v) is 9.62. The van der Waals surface area contributed by atoms with E-state index in [-0.39, 0.29) is 18.1 Å². The number of esters is 1. The molecular weight excluding hydrogens is 393 g/mol. The average Bonchev–Trinajstić information content (AvgIpc) is 3.38. The van der Waals surface area contributed by atoms with E-state index in [1.807, 2.05) is 17.5 Å². The summed E-state index contributed by atoms with van der Waals surface area (Å²) in [6, 6.07) is 15.3. The zero-order valence-electron chi connectivity index (χ0n) is 15.4. The lowest BCUT2D eigenvalue weighted by Crippen LogP contribution is -2.03. The zero-order chi connectivity index (χ0) is 20.2. The van der Waals surface area contributed by atoms with Crippen LogP contribution < -0.4 is 9.47 Å². The number of aliphatic imine (C=N–C) groups is 1. The van der Waals surface area contributed by atoms with Crippen molar-refractivity contribution < 1.29 is 23.4 Å². The first-order chi connectivity index (χ1) is 14.1. The third-order valence-corrected chi connectivity index (χ3v) is 5.04. The monoisotopic (exact) mass is 409 g/mol. The molecule has 1 aliphatic rings. The highest BCUT2D eigenvalue weighted by molar-refractivity contribution is 7.12. The maximum Gasteiger partial charge on any atom is 0.363 e. The van der Waals surface area contributed by atoms with E-state index in [1.54, 1.807) is 42.5 Å². The number of carbonyl (C=O) groups is 1. The second-order valence-corrected chi connectivity index (χ2v) is 7.05. The van der Waals surface area contributed by atoms with Crippen molar-refractivity contribution in [1.29, 1.82) is 0 Å². The van der Waals surface area contributed by atoms with Gasteiger partial charge in [0.15, 0.2) is 17.2 Å². The second kappa shape index (κ2) is 8.28. The molecule has 5 nitrogen and oxygen atoms in total. The summed E-state index contributed by atoms with van der Waals surface area (Å²) in [5, 5.41) is 1.88. The lowest BCUT2D eigenvalue weighted by molar-refractivity contribution is -0.129. The van der Waals surface area contributed by atoms with E-state index in [0.717, 1.165) is 4.88 Å². The summed E-state index contributed by atoms with van der Waals surface area (Å²) in [5.74, 6) is 0.368. The Morgan fingerprint density at radius 2 is 2.00 bits per heavy atom. The van der Waals surface area contributed by atoms with Crippen LogP contribution >= 0.6 is 11.3 Å². The van der Waals surface area contributed by atoms with Crippen molar-refractivity contribution in [2.75, 3.05) is 7.11 Å². The van der Waals surface area contributed by atoms with E-state index < -0.39 is 5.97 Å². The van der Waals surface area contributed by atoms with Gasteiger partial charge in [0.25, 0.3) is 0 Å². The maximum absolute atomic E-state index is 13.8. The number of cyclic esters (lactones) is 1. The summed E-state index contributed by atoms with van der Waals surface area (Å²) in [4.78, 5) is 17.2. The van der Waals surface area contributed by atoms with Crippen LogP contribution in [0.3, 0.4) is 0 Å². The van der Waals surface area contributed by atoms with Crippen LogP contribution in [-0.2, 0) is 16.1 Å². The first kappa shape index (κ1) is 18.9. The third kappa shape index (κ3) is 4.20. The molecule has 0 N–H and O–H groups in total. The van der Waals surface area contributed by atoms with E-state index in [0.29, 0.717) is 28.5 Å². The van der Waals surface area contributed by atoms with Gasteiger partial charge in [-0.3, -0.25) is 0 Å². The normalized spacial score (nSPS) is 14.6. The molecule has 0 bridgehead atoms. The van der Waals surface area contributed by atoms with Gasteiger partial charge in [-0.05, 0) is 41.3 Å². The molecule has 29 heavy (non-hydrogen) atoms. The molecule has 1 aliphatic heterocycles. The van der Waals surface area contributed by atoms with Crippen LogP contribution in [0.5, 0.6) is 11.5 Å². The van der Waals surface area contributed by atoms with Crippen LogP contribution in [0.15, 0.2) is 70.7 Å². The van der Waals surface area contributed by atoms with E-state index in [9.17, 15) is 9.18 Å².